The summed E-state index contributed by atoms with van der Waals surface area (Å²) in [5, 5.41) is 4.29. The summed E-state index contributed by atoms with van der Waals surface area (Å²) in [5.74, 6) is 0. The van der Waals surface area contributed by atoms with Crippen LogP contribution in [0, 0.1) is 0 Å². The average molecular weight is 242 g/mol. The lowest BCUT2D eigenvalue weighted by Gasteiger charge is -2.05. The van der Waals surface area contributed by atoms with Crippen molar-refractivity contribution in [1.29, 1.82) is 0 Å². The number of hydrogen-bond acceptors (Lipinski definition) is 2. The van der Waals surface area contributed by atoms with E-state index < -0.39 is 0 Å². The van der Waals surface area contributed by atoms with Crippen molar-refractivity contribution in [2.45, 2.75) is 6.54 Å². The van der Waals surface area contributed by atoms with Crippen LogP contribution in [0.2, 0.25) is 10.0 Å². The van der Waals surface area contributed by atoms with Gasteiger partial charge in [-0.05, 0) is 18.2 Å². The highest BCUT2D eigenvalue weighted by molar-refractivity contribution is 6.42. The lowest BCUT2D eigenvalue weighted by atomic mass is 10.3. The fourth-order valence-electron chi connectivity index (χ4n) is 1.19. The number of nitrogens with zero attached hydrogens (tertiary/aromatic N) is 1. The fraction of sp³-hybridized carbons (Fsp3) is 0.100. The summed E-state index contributed by atoms with van der Waals surface area (Å²) >= 11 is 11.7. The molecule has 1 aromatic carbocycles. The molecule has 0 fully saturated rings. The Hall–Kier alpha value is -1.19. The molecule has 0 spiro atoms. The van der Waals surface area contributed by atoms with Gasteiger partial charge in [0.05, 0.1) is 28.6 Å². The van der Waals surface area contributed by atoms with Gasteiger partial charge in [0.25, 0.3) is 0 Å². The minimum atomic E-state index is 0.545. The Morgan fingerprint density at radius 2 is 2.13 bits per heavy atom. The van der Waals surface area contributed by atoms with Crippen LogP contribution in [0.4, 0.5) is 5.69 Å². The number of rotatable bonds is 3. The van der Waals surface area contributed by atoms with Crippen molar-refractivity contribution in [3.05, 3.63) is 46.5 Å². The first-order valence-corrected chi connectivity index (χ1v) is 5.18. The molecule has 5 heteroatoms. The first kappa shape index (κ1) is 10.3. The smallest absolute Gasteiger partial charge is 0.0923 e. The summed E-state index contributed by atoms with van der Waals surface area (Å²) in [6, 6.07) is 5.42. The standard InChI is InChI=1S/C10H9Cl2N3/c11-9-2-1-7(3-10(9)12)14-5-8-4-13-6-15-8/h1-4,6,14H,5H2,(H,13,15). The molecule has 3 nitrogen and oxygen atoms in total. The van der Waals surface area contributed by atoms with E-state index in [4.69, 9.17) is 23.2 Å². The molecule has 0 amide bonds. The second-order valence-electron chi connectivity index (χ2n) is 3.04. The van der Waals surface area contributed by atoms with Crippen molar-refractivity contribution in [1.82, 2.24) is 9.97 Å². The number of H-pyrrole nitrogens is 1. The molecule has 0 aliphatic rings. The van der Waals surface area contributed by atoms with E-state index in [0.717, 1.165) is 11.4 Å². The molecule has 0 aliphatic carbocycles. The van der Waals surface area contributed by atoms with E-state index in [-0.39, 0.29) is 0 Å². The van der Waals surface area contributed by atoms with Crippen LogP contribution in [0.1, 0.15) is 5.69 Å². The molecule has 1 aromatic heterocycles. The second kappa shape index (κ2) is 4.55. The lowest BCUT2D eigenvalue weighted by molar-refractivity contribution is 1.07. The van der Waals surface area contributed by atoms with Gasteiger partial charge in [-0.25, -0.2) is 4.98 Å². The van der Waals surface area contributed by atoms with Crippen LogP contribution in [-0.4, -0.2) is 9.97 Å². The van der Waals surface area contributed by atoms with E-state index in [1.165, 1.54) is 0 Å². The summed E-state index contributed by atoms with van der Waals surface area (Å²) < 4.78 is 0. The van der Waals surface area contributed by atoms with Gasteiger partial charge in [-0.2, -0.15) is 0 Å². The predicted molar refractivity (Wildman–Crippen MR) is 62.4 cm³/mol. The number of hydrogen-bond donors (Lipinski definition) is 2. The normalized spacial score (nSPS) is 10.3. The maximum absolute atomic E-state index is 5.88. The highest BCUT2D eigenvalue weighted by Crippen LogP contribution is 2.25. The predicted octanol–water partition coefficient (Wildman–Crippen LogP) is 3.33. The van der Waals surface area contributed by atoms with Crippen LogP contribution in [0.15, 0.2) is 30.7 Å². The quantitative estimate of drug-likeness (QED) is 0.866. The molecule has 2 aromatic rings. The first-order valence-electron chi connectivity index (χ1n) is 4.42. The Bertz CT molecular complexity index is 440. The van der Waals surface area contributed by atoms with Gasteiger partial charge >= 0.3 is 0 Å². The number of imidazole rings is 1. The van der Waals surface area contributed by atoms with Crippen LogP contribution >= 0.6 is 23.2 Å². The molecule has 0 radical (unpaired) electrons. The van der Waals surface area contributed by atoms with Crippen LogP contribution in [0.25, 0.3) is 0 Å². The van der Waals surface area contributed by atoms with Crippen molar-refractivity contribution < 1.29 is 0 Å². The molecule has 0 aliphatic heterocycles. The van der Waals surface area contributed by atoms with E-state index in [9.17, 15) is 0 Å². The molecule has 78 valence electrons. The highest BCUT2D eigenvalue weighted by atomic mass is 35.5. The summed E-state index contributed by atoms with van der Waals surface area (Å²) in [6.07, 6.45) is 3.48. The molecule has 15 heavy (non-hydrogen) atoms. The molecular formula is C10H9Cl2N3. The van der Waals surface area contributed by atoms with Crippen LogP contribution in [0.3, 0.4) is 0 Å². The SMILES string of the molecule is Clc1ccc(NCc2c[nH]cn2)cc1Cl. The minimum Gasteiger partial charge on any atom is -0.379 e. The van der Waals surface area contributed by atoms with Gasteiger partial charge in [-0.3, -0.25) is 0 Å². The Morgan fingerprint density at radius 1 is 1.27 bits per heavy atom. The zero-order valence-electron chi connectivity index (χ0n) is 7.80. The van der Waals surface area contributed by atoms with Gasteiger partial charge in [-0.15, -0.1) is 0 Å². The molecule has 0 saturated carbocycles. The van der Waals surface area contributed by atoms with Gasteiger partial charge in [0.2, 0.25) is 0 Å². The topological polar surface area (TPSA) is 40.7 Å². The molecule has 2 rings (SSSR count). The van der Waals surface area contributed by atoms with Crippen LogP contribution in [-0.2, 0) is 6.54 Å². The van der Waals surface area contributed by atoms with Gasteiger partial charge in [0.1, 0.15) is 0 Å². The largest absolute Gasteiger partial charge is 0.379 e. The third-order valence-electron chi connectivity index (χ3n) is 1.95. The molecule has 0 bridgehead atoms. The second-order valence-corrected chi connectivity index (χ2v) is 3.86. The molecule has 0 saturated heterocycles. The molecule has 0 atom stereocenters. The molecule has 2 N–H and O–H groups in total. The van der Waals surface area contributed by atoms with Gasteiger partial charge < -0.3 is 10.3 Å². The van der Waals surface area contributed by atoms with Gasteiger partial charge in [0, 0.05) is 11.9 Å². The summed E-state index contributed by atoms with van der Waals surface area (Å²) in [5.41, 5.74) is 1.87. The molecular weight excluding hydrogens is 233 g/mol. The average Bonchev–Trinajstić information content (AvgIpc) is 2.73. The van der Waals surface area contributed by atoms with Crippen molar-refractivity contribution in [2.24, 2.45) is 0 Å². The first-order chi connectivity index (χ1) is 7.25. The number of benzene rings is 1. The van der Waals surface area contributed by atoms with E-state index >= 15 is 0 Å². The summed E-state index contributed by atoms with van der Waals surface area (Å²) in [7, 11) is 0. The zero-order valence-corrected chi connectivity index (χ0v) is 9.31. The number of aromatic nitrogens is 2. The third-order valence-corrected chi connectivity index (χ3v) is 2.69. The summed E-state index contributed by atoms with van der Waals surface area (Å²) in [6.45, 7) is 0.654. The zero-order chi connectivity index (χ0) is 10.7. The maximum Gasteiger partial charge on any atom is 0.0923 e. The fourth-order valence-corrected chi connectivity index (χ4v) is 1.48. The van der Waals surface area contributed by atoms with Crippen molar-refractivity contribution in [3.63, 3.8) is 0 Å². The van der Waals surface area contributed by atoms with E-state index in [2.05, 4.69) is 15.3 Å². The number of aromatic amines is 1. The van der Waals surface area contributed by atoms with Crippen molar-refractivity contribution >= 4 is 28.9 Å². The number of anilines is 1. The van der Waals surface area contributed by atoms with Gasteiger partial charge in [0.15, 0.2) is 0 Å². The van der Waals surface area contributed by atoms with Crippen molar-refractivity contribution in [2.75, 3.05) is 5.32 Å². The van der Waals surface area contributed by atoms with Gasteiger partial charge in [-0.1, -0.05) is 23.2 Å². The number of halogens is 2. The Balaban J connectivity index is 2.02. The number of nitrogens with one attached hydrogen (secondary N) is 2. The summed E-state index contributed by atoms with van der Waals surface area (Å²) in [4.78, 5) is 6.98. The van der Waals surface area contributed by atoms with E-state index in [1.807, 2.05) is 12.3 Å². The van der Waals surface area contributed by atoms with Crippen molar-refractivity contribution in [3.8, 4) is 0 Å². The Labute approximate surface area is 97.4 Å². The van der Waals surface area contributed by atoms with Crippen LogP contribution in [0.5, 0.6) is 0 Å². The molecule has 1 heterocycles. The van der Waals surface area contributed by atoms with Crippen LogP contribution < -0.4 is 5.32 Å². The van der Waals surface area contributed by atoms with E-state index in [1.54, 1.807) is 18.5 Å². The highest BCUT2D eigenvalue weighted by Gasteiger charge is 1.99. The lowest BCUT2D eigenvalue weighted by Crippen LogP contribution is -1.99. The minimum absolute atomic E-state index is 0.545. The van der Waals surface area contributed by atoms with E-state index in [0.29, 0.717) is 16.6 Å². The molecule has 0 unspecified atom stereocenters. The monoisotopic (exact) mass is 241 g/mol. The third kappa shape index (κ3) is 2.64. The maximum atomic E-state index is 5.88. The Morgan fingerprint density at radius 3 is 2.80 bits per heavy atom. The Kier molecular flexibility index (Phi) is 3.14.